The predicted octanol–water partition coefficient (Wildman–Crippen LogP) is 5.88. The Balaban J connectivity index is 0.000000440. The number of carboxylic acid groups (broad SMARTS) is 2. The average molecular weight is 668 g/mol. The number of methoxy groups -OCH3 is 1. The van der Waals surface area contributed by atoms with Gasteiger partial charge in [0.15, 0.2) is 5.82 Å². The van der Waals surface area contributed by atoms with Crippen molar-refractivity contribution in [2.75, 3.05) is 45.3 Å². The first-order valence-electron chi connectivity index (χ1n) is 14.0. The highest BCUT2D eigenvalue weighted by molar-refractivity contribution is 5.87. The number of likely N-dealkylation sites (N-methyl/N-ethyl adjacent to an activating group) is 1. The molecular weight excluding hydrogens is 631 g/mol. The molecule has 1 aromatic carbocycles. The van der Waals surface area contributed by atoms with Crippen molar-refractivity contribution in [2.45, 2.75) is 57.5 Å². The van der Waals surface area contributed by atoms with Crippen molar-refractivity contribution in [3.8, 4) is 0 Å². The molecule has 46 heavy (non-hydrogen) atoms. The smallest absolute Gasteiger partial charge is 0.475 e. The Kier molecular flexibility index (Phi) is 13.7. The Hall–Kier alpha value is -3.99. The van der Waals surface area contributed by atoms with Crippen molar-refractivity contribution in [1.29, 1.82) is 0 Å². The van der Waals surface area contributed by atoms with E-state index >= 15 is 0 Å². The maximum absolute atomic E-state index is 13.2. The summed E-state index contributed by atoms with van der Waals surface area (Å²) in [6, 6.07) is 9.43. The van der Waals surface area contributed by atoms with E-state index in [-0.39, 0.29) is 5.82 Å². The van der Waals surface area contributed by atoms with E-state index in [0.717, 1.165) is 67.1 Å². The summed E-state index contributed by atoms with van der Waals surface area (Å²) in [5.74, 6) is -4.34. The monoisotopic (exact) mass is 667 g/mol. The Morgan fingerprint density at radius 3 is 2.00 bits per heavy atom. The van der Waals surface area contributed by atoms with Gasteiger partial charge in [-0.2, -0.15) is 26.3 Å². The number of fused-ring (bicyclic) bond motifs is 1. The number of nitrogens with zero attached hydrogens (tertiary/aromatic N) is 5. The van der Waals surface area contributed by atoms with Crippen LogP contribution in [0.5, 0.6) is 0 Å². The summed E-state index contributed by atoms with van der Waals surface area (Å²) in [4.78, 5) is 32.2. The number of anilines is 1. The van der Waals surface area contributed by atoms with Crippen molar-refractivity contribution >= 4 is 28.8 Å². The van der Waals surface area contributed by atoms with E-state index in [9.17, 15) is 30.7 Å². The minimum Gasteiger partial charge on any atom is -0.475 e. The molecule has 3 aromatic rings. The number of alkyl halides is 6. The van der Waals surface area contributed by atoms with Crippen molar-refractivity contribution in [3.05, 3.63) is 53.7 Å². The van der Waals surface area contributed by atoms with Crippen LogP contribution in [0.2, 0.25) is 0 Å². The zero-order chi connectivity index (χ0) is 34.8. The second-order valence-electron chi connectivity index (χ2n) is 10.7. The van der Waals surface area contributed by atoms with E-state index < -0.39 is 24.3 Å². The second-order valence-corrected chi connectivity index (χ2v) is 10.7. The number of benzene rings is 1. The maximum atomic E-state index is 13.2. The van der Waals surface area contributed by atoms with Gasteiger partial charge in [0, 0.05) is 44.9 Å². The Bertz CT molecular complexity index is 1400. The van der Waals surface area contributed by atoms with Gasteiger partial charge in [0.25, 0.3) is 0 Å². The number of carboxylic acids is 2. The van der Waals surface area contributed by atoms with Gasteiger partial charge in [0.2, 0.25) is 0 Å². The highest BCUT2D eigenvalue weighted by Crippen LogP contribution is 2.33. The van der Waals surface area contributed by atoms with E-state index in [1.54, 1.807) is 19.2 Å². The van der Waals surface area contributed by atoms with Crippen LogP contribution in [-0.2, 0) is 20.9 Å². The lowest BCUT2D eigenvalue weighted by Crippen LogP contribution is -2.33. The Labute approximate surface area is 260 Å². The van der Waals surface area contributed by atoms with Gasteiger partial charge < -0.3 is 24.4 Å². The third-order valence-corrected chi connectivity index (χ3v) is 6.92. The van der Waals surface area contributed by atoms with E-state index in [2.05, 4.69) is 41.3 Å². The maximum Gasteiger partial charge on any atom is 0.490 e. The first-order valence-corrected chi connectivity index (χ1v) is 14.0. The van der Waals surface area contributed by atoms with Gasteiger partial charge >= 0.3 is 24.3 Å². The van der Waals surface area contributed by atoms with Crippen LogP contribution in [0.3, 0.4) is 0 Å². The molecule has 3 heterocycles. The number of imidazole rings is 1. The molecule has 17 heteroatoms. The molecule has 0 radical (unpaired) electrons. The summed E-state index contributed by atoms with van der Waals surface area (Å²) in [5, 5.41) is 14.2. The van der Waals surface area contributed by atoms with E-state index in [1.165, 1.54) is 0 Å². The van der Waals surface area contributed by atoms with Crippen LogP contribution < -0.4 is 4.90 Å². The van der Waals surface area contributed by atoms with Gasteiger partial charge in [0.1, 0.15) is 11.3 Å². The summed E-state index contributed by atoms with van der Waals surface area (Å²) in [5.41, 5.74) is 4.42. The summed E-state index contributed by atoms with van der Waals surface area (Å²) in [7, 11) is 3.78. The summed E-state index contributed by atoms with van der Waals surface area (Å²) >= 11 is 0. The molecule has 256 valence electrons. The lowest BCUT2D eigenvalue weighted by atomic mass is 9.92. The first-order chi connectivity index (χ1) is 21.3. The summed E-state index contributed by atoms with van der Waals surface area (Å²) in [6.45, 7) is 8.68. The highest BCUT2D eigenvalue weighted by Gasteiger charge is 2.39. The third kappa shape index (κ3) is 11.4. The molecule has 1 aliphatic rings. The Morgan fingerprint density at radius 1 is 1.02 bits per heavy atom. The van der Waals surface area contributed by atoms with Crippen LogP contribution in [0.25, 0.3) is 11.0 Å². The highest BCUT2D eigenvalue weighted by atomic mass is 19.4. The number of pyridine rings is 1. The van der Waals surface area contributed by atoms with Crippen LogP contribution in [0, 0.1) is 5.82 Å². The third-order valence-electron chi connectivity index (χ3n) is 6.92. The SMILES string of the molecule is COCCN(C)c1nc(C2CCN(Cc3ccc(F)cc3)CC2)cc2c1ncn2C(C)C.O=C(O)C(F)(F)F.O=C(O)C(F)(F)F. The molecule has 0 atom stereocenters. The van der Waals surface area contributed by atoms with Gasteiger partial charge in [-0.15, -0.1) is 0 Å². The number of likely N-dealkylation sites (tertiary alicyclic amines) is 1. The van der Waals surface area contributed by atoms with Crippen molar-refractivity contribution in [1.82, 2.24) is 19.4 Å². The first kappa shape index (κ1) is 38.2. The molecule has 1 aliphatic heterocycles. The van der Waals surface area contributed by atoms with E-state index in [4.69, 9.17) is 34.5 Å². The van der Waals surface area contributed by atoms with Crippen molar-refractivity contribution in [3.63, 3.8) is 0 Å². The van der Waals surface area contributed by atoms with Crippen LogP contribution in [-0.4, -0.2) is 94.3 Å². The fourth-order valence-corrected chi connectivity index (χ4v) is 4.49. The number of aromatic nitrogens is 3. The molecule has 4 rings (SSSR count). The normalized spacial score (nSPS) is 14.3. The molecule has 1 fully saturated rings. The topological polar surface area (TPSA) is 121 Å². The fraction of sp³-hybridized carbons (Fsp3) is 0.517. The number of rotatable bonds is 8. The average Bonchev–Trinajstić information content (AvgIpc) is 3.41. The van der Waals surface area contributed by atoms with E-state index in [0.29, 0.717) is 18.6 Å². The van der Waals surface area contributed by atoms with Gasteiger partial charge in [0.05, 0.1) is 18.5 Å². The fourth-order valence-electron chi connectivity index (χ4n) is 4.49. The quantitative estimate of drug-likeness (QED) is 0.284. The van der Waals surface area contributed by atoms with Gasteiger partial charge in [-0.3, -0.25) is 4.90 Å². The second kappa shape index (κ2) is 16.5. The molecule has 0 unspecified atom stereocenters. The zero-order valence-electron chi connectivity index (χ0n) is 25.6. The lowest BCUT2D eigenvalue weighted by molar-refractivity contribution is -0.193. The number of aliphatic carboxylic acids is 2. The zero-order valence-corrected chi connectivity index (χ0v) is 25.6. The van der Waals surface area contributed by atoms with Crippen molar-refractivity contribution < 1.29 is 55.3 Å². The van der Waals surface area contributed by atoms with Crippen LogP contribution >= 0.6 is 0 Å². The number of halogens is 7. The van der Waals surface area contributed by atoms with E-state index in [1.807, 2.05) is 18.5 Å². The Morgan fingerprint density at radius 2 is 1.54 bits per heavy atom. The molecule has 1 saturated heterocycles. The van der Waals surface area contributed by atoms with Crippen LogP contribution in [0.4, 0.5) is 36.6 Å². The molecule has 10 nitrogen and oxygen atoms in total. The van der Waals surface area contributed by atoms with Gasteiger partial charge in [-0.25, -0.2) is 23.9 Å². The molecule has 2 N–H and O–H groups in total. The van der Waals surface area contributed by atoms with Crippen LogP contribution in [0.15, 0.2) is 36.7 Å². The lowest BCUT2D eigenvalue weighted by Gasteiger charge is -2.32. The number of hydrogen-bond acceptors (Lipinski definition) is 7. The molecule has 0 spiro atoms. The number of hydrogen-bond donors (Lipinski definition) is 2. The minimum atomic E-state index is -5.08. The molecule has 0 bridgehead atoms. The minimum absolute atomic E-state index is 0.180. The molecule has 0 aliphatic carbocycles. The van der Waals surface area contributed by atoms with Crippen LogP contribution in [0.1, 0.15) is 49.9 Å². The number of piperidine rings is 1. The standard InChI is InChI=1S/C25H34FN5O.2C2HF3O2/c1-18(2)31-17-27-24-23(31)15-22(28-25(24)29(3)13-14-32-4)20-9-11-30(12-10-20)16-19-5-7-21(26)8-6-19;2*3-2(4,5)1(6)7/h5-8,15,17-18,20H,9-14,16H2,1-4H3;2*(H,6,7). The molecule has 2 aromatic heterocycles. The largest absolute Gasteiger partial charge is 0.490 e. The van der Waals surface area contributed by atoms with Gasteiger partial charge in [-0.05, 0) is 63.5 Å². The number of ether oxygens (including phenoxy) is 1. The predicted molar refractivity (Wildman–Crippen MR) is 154 cm³/mol. The van der Waals surface area contributed by atoms with Gasteiger partial charge in [-0.1, -0.05) is 12.1 Å². The van der Waals surface area contributed by atoms with Crippen molar-refractivity contribution in [2.24, 2.45) is 0 Å². The summed E-state index contributed by atoms with van der Waals surface area (Å²) in [6.07, 6.45) is -6.10. The molecule has 0 amide bonds. The number of carbonyl (C=O) groups is 2. The summed E-state index contributed by atoms with van der Waals surface area (Å²) < 4.78 is 84.2. The molecular formula is C29H36F7N5O5. The molecule has 0 saturated carbocycles.